The molecular formula is C49H98NO8P. The molecule has 2 atom stereocenters. The summed E-state index contributed by atoms with van der Waals surface area (Å²) in [6.45, 7) is 3.75. The molecule has 0 fully saturated rings. The van der Waals surface area contributed by atoms with Gasteiger partial charge in [-0.1, -0.05) is 245 Å². The number of hydrogen-bond donors (Lipinski definition) is 2. The SMILES string of the molecule is CCCCCCCCCCCCCCCCCCCCCCCCCCCCCCCCC(=O)OC(COC(=O)CCCCCCCCCC)COP(=O)(O)OCCN. The van der Waals surface area contributed by atoms with Gasteiger partial charge in [-0.25, -0.2) is 4.57 Å². The minimum Gasteiger partial charge on any atom is -0.462 e. The summed E-state index contributed by atoms with van der Waals surface area (Å²) in [4.78, 5) is 34.8. The first kappa shape index (κ1) is 58.0. The number of unbranched alkanes of at least 4 members (excludes halogenated alkanes) is 36. The fourth-order valence-electron chi connectivity index (χ4n) is 7.70. The van der Waals surface area contributed by atoms with Crippen molar-refractivity contribution in [2.45, 2.75) is 277 Å². The van der Waals surface area contributed by atoms with Crippen molar-refractivity contribution in [2.24, 2.45) is 5.73 Å². The van der Waals surface area contributed by atoms with Crippen LogP contribution >= 0.6 is 7.82 Å². The normalized spacial score (nSPS) is 13.1. The first-order valence-electron chi connectivity index (χ1n) is 25.5. The van der Waals surface area contributed by atoms with Crippen molar-refractivity contribution in [3.05, 3.63) is 0 Å². The molecule has 10 heteroatoms. The molecule has 0 aromatic heterocycles. The van der Waals surface area contributed by atoms with Gasteiger partial charge in [-0.3, -0.25) is 18.6 Å². The van der Waals surface area contributed by atoms with Gasteiger partial charge < -0.3 is 20.1 Å². The summed E-state index contributed by atoms with van der Waals surface area (Å²) in [6.07, 6.45) is 49.0. The third kappa shape index (κ3) is 46.3. The average Bonchev–Trinajstić information content (AvgIpc) is 3.22. The number of rotatable bonds is 49. The zero-order valence-corrected chi connectivity index (χ0v) is 39.9. The Morgan fingerprint density at radius 3 is 1.03 bits per heavy atom. The van der Waals surface area contributed by atoms with Gasteiger partial charge in [0.1, 0.15) is 6.61 Å². The van der Waals surface area contributed by atoms with Crippen LogP contribution in [0.2, 0.25) is 0 Å². The van der Waals surface area contributed by atoms with Crippen LogP contribution in [0.3, 0.4) is 0 Å². The van der Waals surface area contributed by atoms with E-state index in [4.69, 9.17) is 24.3 Å². The van der Waals surface area contributed by atoms with Gasteiger partial charge in [0.2, 0.25) is 0 Å². The number of carbonyl (C=O) groups excluding carboxylic acids is 2. The van der Waals surface area contributed by atoms with E-state index >= 15 is 0 Å². The number of esters is 2. The van der Waals surface area contributed by atoms with Gasteiger partial charge in [-0.15, -0.1) is 0 Å². The molecule has 0 rings (SSSR count). The second-order valence-electron chi connectivity index (χ2n) is 17.4. The lowest BCUT2D eigenvalue weighted by Crippen LogP contribution is -2.29. The van der Waals surface area contributed by atoms with Crippen molar-refractivity contribution in [2.75, 3.05) is 26.4 Å². The van der Waals surface area contributed by atoms with Crippen molar-refractivity contribution < 1.29 is 37.6 Å². The van der Waals surface area contributed by atoms with Crippen LogP contribution < -0.4 is 5.73 Å². The monoisotopic (exact) mass is 860 g/mol. The van der Waals surface area contributed by atoms with E-state index in [1.807, 2.05) is 0 Å². The van der Waals surface area contributed by atoms with E-state index in [2.05, 4.69) is 13.8 Å². The fourth-order valence-corrected chi connectivity index (χ4v) is 8.46. The Bertz CT molecular complexity index is 938. The zero-order valence-electron chi connectivity index (χ0n) is 39.0. The van der Waals surface area contributed by atoms with Gasteiger partial charge in [0.15, 0.2) is 6.10 Å². The van der Waals surface area contributed by atoms with Crippen LogP contribution in [0.25, 0.3) is 0 Å². The molecule has 352 valence electrons. The van der Waals surface area contributed by atoms with E-state index in [0.29, 0.717) is 6.42 Å². The second-order valence-corrected chi connectivity index (χ2v) is 18.9. The maximum absolute atomic E-state index is 12.6. The molecule has 0 spiro atoms. The van der Waals surface area contributed by atoms with Crippen molar-refractivity contribution in [3.63, 3.8) is 0 Å². The van der Waals surface area contributed by atoms with E-state index in [1.54, 1.807) is 0 Å². The van der Waals surface area contributed by atoms with Crippen molar-refractivity contribution in [1.29, 1.82) is 0 Å². The highest BCUT2D eigenvalue weighted by atomic mass is 31.2. The Hall–Kier alpha value is -0.990. The molecule has 0 aliphatic heterocycles. The molecule has 0 amide bonds. The lowest BCUT2D eigenvalue weighted by molar-refractivity contribution is -0.161. The predicted molar refractivity (Wildman–Crippen MR) is 248 cm³/mol. The molecule has 0 saturated heterocycles. The number of hydrogen-bond acceptors (Lipinski definition) is 8. The van der Waals surface area contributed by atoms with Crippen molar-refractivity contribution >= 4 is 19.8 Å². The summed E-state index contributed by atoms with van der Waals surface area (Å²) in [7, 11) is -4.37. The Labute approximate surface area is 365 Å². The highest BCUT2D eigenvalue weighted by molar-refractivity contribution is 7.47. The third-order valence-corrected chi connectivity index (χ3v) is 12.5. The highest BCUT2D eigenvalue weighted by Gasteiger charge is 2.26. The molecule has 0 radical (unpaired) electrons. The van der Waals surface area contributed by atoms with Crippen LogP contribution in [0, 0.1) is 0 Å². The van der Waals surface area contributed by atoms with Gasteiger partial charge in [-0.05, 0) is 12.8 Å². The topological polar surface area (TPSA) is 134 Å². The van der Waals surface area contributed by atoms with Gasteiger partial charge in [-0.2, -0.15) is 0 Å². The molecule has 0 aromatic carbocycles. The van der Waals surface area contributed by atoms with E-state index in [9.17, 15) is 19.0 Å². The van der Waals surface area contributed by atoms with Gasteiger partial charge in [0, 0.05) is 19.4 Å². The molecule has 0 bridgehead atoms. The summed E-state index contributed by atoms with van der Waals surface area (Å²) in [6, 6.07) is 0. The van der Waals surface area contributed by atoms with E-state index in [-0.39, 0.29) is 38.6 Å². The maximum atomic E-state index is 12.6. The first-order valence-corrected chi connectivity index (χ1v) is 27.0. The number of phosphoric acid groups is 1. The van der Waals surface area contributed by atoms with E-state index in [0.717, 1.165) is 32.1 Å². The predicted octanol–water partition coefficient (Wildman–Crippen LogP) is 15.2. The number of nitrogens with two attached hydrogens (primary N) is 1. The van der Waals surface area contributed by atoms with Crippen LogP contribution in [0.1, 0.15) is 271 Å². The van der Waals surface area contributed by atoms with Crippen molar-refractivity contribution in [1.82, 2.24) is 0 Å². The molecule has 9 nitrogen and oxygen atoms in total. The van der Waals surface area contributed by atoms with Crippen LogP contribution in [0.4, 0.5) is 0 Å². The largest absolute Gasteiger partial charge is 0.472 e. The zero-order chi connectivity index (χ0) is 43.2. The Morgan fingerprint density at radius 1 is 0.441 bits per heavy atom. The lowest BCUT2D eigenvalue weighted by atomic mass is 10.0. The number of ether oxygens (including phenoxy) is 2. The fraction of sp³-hybridized carbons (Fsp3) is 0.959. The molecule has 2 unspecified atom stereocenters. The first-order chi connectivity index (χ1) is 28.8. The van der Waals surface area contributed by atoms with Gasteiger partial charge in [0.05, 0.1) is 13.2 Å². The van der Waals surface area contributed by atoms with Crippen LogP contribution in [-0.4, -0.2) is 49.3 Å². The standard InChI is InChI=1S/C49H98NO8P/c1-3-5-7-9-11-13-14-15-16-17-18-19-20-21-22-23-24-25-26-27-28-29-30-31-32-33-34-36-38-40-42-49(52)58-47(46-57-59(53,54)56-44-43-50)45-55-48(51)41-39-37-35-12-10-8-6-4-2/h47H,3-46,50H2,1-2H3,(H,53,54). The molecule has 0 saturated carbocycles. The highest BCUT2D eigenvalue weighted by Crippen LogP contribution is 2.43. The number of carbonyl (C=O) groups is 2. The number of phosphoric ester groups is 1. The van der Waals surface area contributed by atoms with E-state index < -0.39 is 26.5 Å². The van der Waals surface area contributed by atoms with Crippen LogP contribution in [0.15, 0.2) is 0 Å². The summed E-state index contributed by atoms with van der Waals surface area (Å²) in [5, 5.41) is 0. The molecule has 0 heterocycles. The van der Waals surface area contributed by atoms with Crippen LogP contribution in [0.5, 0.6) is 0 Å². The Kier molecular flexibility index (Phi) is 45.7. The minimum atomic E-state index is -4.37. The molecule has 3 N–H and O–H groups in total. The second kappa shape index (κ2) is 46.5. The van der Waals surface area contributed by atoms with Gasteiger partial charge >= 0.3 is 19.8 Å². The molecular weight excluding hydrogens is 762 g/mol. The summed E-state index contributed by atoms with van der Waals surface area (Å²) in [5.41, 5.74) is 5.35. The summed E-state index contributed by atoms with van der Waals surface area (Å²) in [5.74, 6) is -0.816. The lowest BCUT2D eigenvalue weighted by Gasteiger charge is -2.19. The van der Waals surface area contributed by atoms with Crippen molar-refractivity contribution in [3.8, 4) is 0 Å². The van der Waals surface area contributed by atoms with Crippen LogP contribution in [-0.2, 0) is 32.7 Å². The molecule has 0 aliphatic carbocycles. The Morgan fingerprint density at radius 2 is 0.729 bits per heavy atom. The third-order valence-electron chi connectivity index (χ3n) is 11.5. The van der Waals surface area contributed by atoms with E-state index in [1.165, 1.54) is 205 Å². The Balaban J connectivity index is 3.77. The summed E-state index contributed by atoms with van der Waals surface area (Å²) >= 11 is 0. The quantitative estimate of drug-likeness (QED) is 0.0348. The maximum Gasteiger partial charge on any atom is 0.472 e. The molecule has 0 aromatic rings. The molecule has 59 heavy (non-hydrogen) atoms. The smallest absolute Gasteiger partial charge is 0.462 e. The summed E-state index contributed by atoms with van der Waals surface area (Å²) < 4.78 is 32.7. The average molecular weight is 860 g/mol. The van der Waals surface area contributed by atoms with Gasteiger partial charge in [0.25, 0.3) is 0 Å². The molecule has 0 aliphatic rings. The minimum absolute atomic E-state index is 0.0579.